The van der Waals surface area contributed by atoms with Gasteiger partial charge in [-0.3, -0.25) is 0 Å². The minimum atomic E-state index is -0.453. The molecule has 0 saturated heterocycles. The van der Waals surface area contributed by atoms with Gasteiger partial charge in [-0.2, -0.15) is 0 Å². The zero-order chi connectivity index (χ0) is 14.1. The predicted octanol–water partition coefficient (Wildman–Crippen LogP) is 3.58. The van der Waals surface area contributed by atoms with Gasteiger partial charge in [0, 0.05) is 10.4 Å². The molecule has 1 saturated carbocycles. The topological polar surface area (TPSA) is 38.3 Å². The van der Waals surface area contributed by atoms with E-state index in [9.17, 15) is 4.79 Å². The fourth-order valence-electron chi connectivity index (χ4n) is 2.07. The molecule has 1 aromatic carbocycles. The maximum absolute atomic E-state index is 11.8. The molecule has 104 valence electrons. The average Bonchev–Trinajstić information content (AvgIpc) is 2.94. The number of rotatable bonds is 3. The highest BCUT2D eigenvalue weighted by Crippen LogP contribution is 2.39. The maximum Gasteiger partial charge on any atom is 0.408 e. The van der Waals surface area contributed by atoms with Crippen molar-refractivity contribution in [1.29, 1.82) is 0 Å². The van der Waals surface area contributed by atoms with Crippen LogP contribution in [0.3, 0.4) is 0 Å². The first-order valence-corrected chi connectivity index (χ1v) is 7.02. The number of amides is 1. The molecule has 19 heavy (non-hydrogen) atoms. The number of ether oxygens (including phenoxy) is 1. The zero-order valence-corrected chi connectivity index (χ0v) is 12.6. The Kier molecular flexibility index (Phi) is 3.81. The Bertz CT molecular complexity index is 475. The van der Waals surface area contributed by atoms with Crippen molar-refractivity contribution in [3.05, 3.63) is 29.8 Å². The van der Waals surface area contributed by atoms with Gasteiger partial charge in [-0.15, -0.1) is 12.6 Å². The normalized spacial score (nSPS) is 16.8. The minimum absolute atomic E-state index is 0.121. The van der Waals surface area contributed by atoms with Crippen molar-refractivity contribution in [3.8, 4) is 0 Å². The van der Waals surface area contributed by atoms with Gasteiger partial charge in [0.25, 0.3) is 0 Å². The molecule has 2 rings (SSSR count). The molecule has 0 unspecified atom stereocenters. The van der Waals surface area contributed by atoms with E-state index in [2.05, 4.69) is 24.0 Å². The third-order valence-electron chi connectivity index (χ3n) is 3.07. The highest BCUT2D eigenvalue weighted by molar-refractivity contribution is 7.80. The molecule has 4 heteroatoms. The zero-order valence-electron chi connectivity index (χ0n) is 11.7. The summed E-state index contributed by atoms with van der Waals surface area (Å²) in [6.45, 7) is 5.61. The number of hydrogen-bond donors (Lipinski definition) is 2. The highest BCUT2D eigenvalue weighted by atomic mass is 32.1. The number of carbonyl (C=O) groups is 1. The van der Waals surface area contributed by atoms with Crippen molar-refractivity contribution in [2.24, 2.45) is 0 Å². The number of thiol groups is 1. The van der Waals surface area contributed by atoms with Crippen LogP contribution in [0.4, 0.5) is 4.79 Å². The first kappa shape index (κ1) is 14.3. The monoisotopic (exact) mass is 279 g/mol. The number of alkyl carbamates (subject to hydrolysis) is 1. The summed E-state index contributed by atoms with van der Waals surface area (Å²) in [5, 5.41) is 3.01. The largest absolute Gasteiger partial charge is 0.444 e. The molecule has 1 N–H and O–H groups in total. The molecule has 0 bridgehead atoms. The number of benzene rings is 1. The van der Waals surface area contributed by atoms with Gasteiger partial charge in [-0.05, 0) is 57.7 Å². The molecule has 0 spiro atoms. The summed E-state index contributed by atoms with van der Waals surface area (Å²) < 4.78 is 5.31. The van der Waals surface area contributed by atoms with Crippen molar-refractivity contribution >= 4 is 18.7 Å². The van der Waals surface area contributed by atoms with E-state index < -0.39 is 5.60 Å². The molecule has 0 radical (unpaired) electrons. The van der Waals surface area contributed by atoms with Crippen LogP contribution in [0.1, 0.15) is 39.2 Å². The molecule has 1 amide bonds. The van der Waals surface area contributed by atoms with Crippen LogP contribution in [0.25, 0.3) is 0 Å². The van der Waals surface area contributed by atoms with E-state index in [1.54, 1.807) is 0 Å². The molecule has 1 aromatic rings. The van der Waals surface area contributed by atoms with E-state index in [1.165, 1.54) is 5.56 Å². The second-order valence-electron chi connectivity index (χ2n) is 6.25. The van der Waals surface area contributed by atoms with Crippen molar-refractivity contribution in [1.82, 2.24) is 5.32 Å². The number of nitrogens with one attached hydrogen (secondary N) is 1. The maximum atomic E-state index is 11.8. The second-order valence-corrected chi connectivity index (χ2v) is 6.77. The first-order valence-electron chi connectivity index (χ1n) is 6.57. The van der Waals surface area contributed by atoms with E-state index in [-0.39, 0.29) is 11.6 Å². The van der Waals surface area contributed by atoms with E-state index in [4.69, 9.17) is 4.74 Å². The standard InChI is InChI=1S/C15H21NO2S/c1-14(2,3)18-13(17)16-15(7-8-15)10-11-5-4-6-12(19)9-11/h4-6,9,19H,7-8,10H2,1-3H3,(H,16,17). The van der Waals surface area contributed by atoms with E-state index >= 15 is 0 Å². The Morgan fingerprint density at radius 1 is 1.42 bits per heavy atom. The number of hydrogen-bond acceptors (Lipinski definition) is 3. The third-order valence-corrected chi connectivity index (χ3v) is 3.35. The SMILES string of the molecule is CC(C)(C)OC(=O)NC1(Cc2cccc(S)c2)CC1. The van der Waals surface area contributed by atoms with Crippen LogP contribution in [-0.4, -0.2) is 17.2 Å². The van der Waals surface area contributed by atoms with Gasteiger partial charge in [0.2, 0.25) is 0 Å². The molecule has 0 aliphatic heterocycles. The van der Waals surface area contributed by atoms with Crippen molar-refractivity contribution in [3.63, 3.8) is 0 Å². The van der Waals surface area contributed by atoms with Crippen LogP contribution in [0, 0.1) is 0 Å². The van der Waals surface area contributed by atoms with Crippen molar-refractivity contribution < 1.29 is 9.53 Å². The quantitative estimate of drug-likeness (QED) is 0.830. The summed E-state index contributed by atoms with van der Waals surface area (Å²) >= 11 is 4.34. The van der Waals surface area contributed by atoms with E-state index in [0.717, 1.165) is 24.2 Å². The molecular weight excluding hydrogens is 258 g/mol. The summed E-state index contributed by atoms with van der Waals surface area (Å²) in [7, 11) is 0. The molecule has 1 aliphatic rings. The fraction of sp³-hybridized carbons (Fsp3) is 0.533. The predicted molar refractivity (Wildman–Crippen MR) is 78.7 cm³/mol. The van der Waals surface area contributed by atoms with Gasteiger partial charge in [0.1, 0.15) is 5.60 Å². The van der Waals surface area contributed by atoms with Gasteiger partial charge in [-0.1, -0.05) is 12.1 Å². The lowest BCUT2D eigenvalue weighted by molar-refractivity contribution is 0.0496. The van der Waals surface area contributed by atoms with E-state index in [0.29, 0.717) is 0 Å². The first-order chi connectivity index (χ1) is 8.78. The van der Waals surface area contributed by atoms with E-state index in [1.807, 2.05) is 39.0 Å². The fourth-order valence-corrected chi connectivity index (χ4v) is 2.33. The second kappa shape index (κ2) is 5.08. The van der Waals surface area contributed by atoms with Crippen LogP contribution >= 0.6 is 12.6 Å². The lowest BCUT2D eigenvalue weighted by Crippen LogP contribution is -2.41. The van der Waals surface area contributed by atoms with Crippen molar-refractivity contribution in [2.45, 2.75) is 56.1 Å². The average molecular weight is 279 g/mol. The van der Waals surface area contributed by atoms with Gasteiger partial charge in [0.05, 0.1) is 0 Å². The Hall–Kier alpha value is -1.16. The Labute approximate surface area is 120 Å². The summed E-state index contributed by atoms with van der Waals surface area (Å²) in [4.78, 5) is 12.8. The van der Waals surface area contributed by atoms with Crippen LogP contribution in [0.5, 0.6) is 0 Å². The van der Waals surface area contributed by atoms with Gasteiger partial charge in [-0.25, -0.2) is 4.79 Å². The van der Waals surface area contributed by atoms with Crippen LogP contribution < -0.4 is 5.32 Å². The minimum Gasteiger partial charge on any atom is -0.444 e. The molecule has 0 aromatic heterocycles. The Morgan fingerprint density at radius 3 is 2.63 bits per heavy atom. The molecule has 1 fully saturated rings. The Morgan fingerprint density at radius 2 is 2.11 bits per heavy atom. The molecule has 0 heterocycles. The van der Waals surface area contributed by atoms with Gasteiger partial charge in [0.15, 0.2) is 0 Å². The highest BCUT2D eigenvalue weighted by Gasteiger charge is 2.44. The smallest absolute Gasteiger partial charge is 0.408 e. The Balaban J connectivity index is 1.95. The van der Waals surface area contributed by atoms with Crippen molar-refractivity contribution in [2.75, 3.05) is 0 Å². The lowest BCUT2D eigenvalue weighted by atomic mass is 10.0. The molecule has 1 aliphatic carbocycles. The van der Waals surface area contributed by atoms with Gasteiger partial charge < -0.3 is 10.1 Å². The third kappa shape index (κ3) is 4.46. The van der Waals surface area contributed by atoms with Crippen LogP contribution in [0.2, 0.25) is 0 Å². The number of carbonyl (C=O) groups excluding carboxylic acids is 1. The molecule has 3 nitrogen and oxygen atoms in total. The van der Waals surface area contributed by atoms with Crippen LogP contribution in [0.15, 0.2) is 29.2 Å². The molecule has 0 atom stereocenters. The van der Waals surface area contributed by atoms with Crippen LogP contribution in [-0.2, 0) is 11.2 Å². The summed E-state index contributed by atoms with van der Waals surface area (Å²) in [6, 6.07) is 8.05. The summed E-state index contributed by atoms with van der Waals surface area (Å²) in [6.07, 6.45) is 2.51. The summed E-state index contributed by atoms with van der Waals surface area (Å²) in [5.41, 5.74) is 0.621. The van der Waals surface area contributed by atoms with Gasteiger partial charge >= 0.3 is 6.09 Å². The summed E-state index contributed by atoms with van der Waals surface area (Å²) in [5.74, 6) is 0. The molecular formula is C15H21NO2S. The lowest BCUT2D eigenvalue weighted by Gasteiger charge is -2.23.